The molecule has 7 heteroatoms. The molecule has 1 amide bonds. The van der Waals surface area contributed by atoms with Crippen molar-refractivity contribution in [2.75, 3.05) is 13.1 Å². The molecule has 4 rings (SSSR count). The third-order valence-corrected chi connectivity index (χ3v) is 5.48. The number of aromatic nitrogens is 4. The van der Waals surface area contributed by atoms with Gasteiger partial charge in [-0.25, -0.2) is 0 Å². The Morgan fingerprint density at radius 2 is 1.88 bits per heavy atom. The van der Waals surface area contributed by atoms with E-state index in [1.807, 2.05) is 35.9 Å². The van der Waals surface area contributed by atoms with Gasteiger partial charge in [0.1, 0.15) is 0 Å². The van der Waals surface area contributed by atoms with E-state index < -0.39 is 0 Å². The van der Waals surface area contributed by atoms with Gasteiger partial charge in [-0.3, -0.25) is 19.1 Å². The van der Waals surface area contributed by atoms with Crippen molar-refractivity contribution in [1.82, 2.24) is 29.8 Å². The van der Waals surface area contributed by atoms with E-state index >= 15 is 0 Å². The van der Waals surface area contributed by atoms with Gasteiger partial charge in [0.05, 0.1) is 12.4 Å². The molecule has 2 saturated heterocycles. The zero-order chi connectivity index (χ0) is 16.7. The van der Waals surface area contributed by atoms with Gasteiger partial charge in [-0.05, 0) is 18.4 Å². The first-order valence-corrected chi connectivity index (χ1v) is 8.53. The number of likely N-dealkylation sites (tertiary alicyclic amines) is 1. The molecule has 4 heterocycles. The van der Waals surface area contributed by atoms with Crippen LogP contribution in [0.25, 0.3) is 0 Å². The zero-order valence-corrected chi connectivity index (χ0v) is 14.3. The molecule has 1 unspecified atom stereocenters. The second kappa shape index (κ2) is 5.73. The summed E-state index contributed by atoms with van der Waals surface area (Å²) in [4.78, 5) is 14.6. The Bertz CT molecular complexity index is 740. The Kier molecular flexibility index (Phi) is 3.68. The standard InChI is InChI=1S/C17H24N6O/c1-21-10-13(8-18-21)11-23-5-3-17(4-6-23)15(7-16(24)20-17)14-9-19-22(2)12-14/h8-10,12,15H,3-7,11H2,1-2H3,(H,20,24). The van der Waals surface area contributed by atoms with Crippen LogP contribution in [0.2, 0.25) is 0 Å². The Morgan fingerprint density at radius 1 is 1.17 bits per heavy atom. The van der Waals surface area contributed by atoms with Crippen LogP contribution in [0, 0.1) is 0 Å². The Hall–Kier alpha value is -2.15. The normalized spacial score (nSPS) is 23.8. The summed E-state index contributed by atoms with van der Waals surface area (Å²) >= 11 is 0. The number of nitrogens with zero attached hydrogens (tertiary/aromatic N) is 5. The van der Waals surface area contributed by atoms with E-state index in [4.69, 9.17) is 0 Å². The fourth-order valence-electron chi connectivity index (χ4n) is 4.25. The molecular weight excluding hydrogens is 304 g/mol. The van der Waals surface area contributed by atoms with E-state index in [1.54, 1.807) is 0 Å². The van der Waals surface area contributed by atoms with Crippen molar-refractivity contribution < 1.29 is 4.79 Å². The topological polar surface area (TPSA) is 68.0 Å². The molecule has 24 heavy (non-hydrogen) atoms. The highest BCUT2D eigenvalue weighted by atomic mass is 16.2. The fourth-order valence-corrected chi connectivity index (χ4v) is 4.25. The van der Waals surface area contributed by atoms with Crippen LogP contribution >= 0.6 is 0 Å². The number of rotatable bonds is 3. The first kappa shape index (κ1) is 15.4. The highest BCUT2D eigenvalue weighted by Crippen LogP contribution is 2.43. The smallest absolute Gasteiger partial charge is 0.221 e. The number of aryl methyl sites for hydroxylation is 2. The zero-order valence-electron chi connectivity index (χ0n) is 14.3. The van der Waals surface area contributed by atoms with E-state index in [0.717, 1.165) is 32.5 Å². The molecule has 2 fully saturated rings. The lowest BCUT2D eigenvalue weighted by Crippen LogP contribution is -2.53. The lowest BCUT2D eigenvalue weighted by atomic mass is 9.75. The van der Waals surface area contributed by atoms with Crippen LogP contribution in [0.15, 0.2) is 24.8 Å². The van der Waals surface area contributed by atoms with Gasteiger partial charge < -0.3 is 5.32 Å². The van der Waals surface area contributed by atoms with Crippen molar-refractivity contribution in [2.45, 2.75) is 37.3 Å². The number of piperidine rings is 1. The van der Waals surface area contributed by atoms with Gasteiger partial charge in [-0.1, -0.05) is 0 Å². The van der Waals surface area contributed by atoms with Gasteiger partial charge in [0.25, 0.3) is 0 Å². The van der Waals surface area contributed by atoms with Crippen LogP contribution in [0.3, 0.4) is 0 Å². The number of hydrogen-bond donors (Lipinski definition) is 1. The van der Waals surface area contributed by atoms with Gasteiger partial charge >= 0.3 is 0 Å². The maximum Gasteiger partial charge on any atom is 0.221 e. The van der Waals surface area contributed by atoms with E-state index in [-0.39, 0.29) is 17.4 Å². The number of carbonyl (C=O) groups excluding carboxylic acids is 1. The molecule has 0 bridgehead atoms. The van der Waals surface area contributed by atoms with E-state index in [1.165, 1.54) is 11.1 Å². The summed E-state index contributed by atoms with van der Waals surface area (Å²) in [6, 6.07) is 0. The second-order valence-electron chi connectivity index (χ2n) is 7.21. The van der Waals surface area contributed by atoms with Crippen molar-refractivity contribution in [2.24, 2.45) is 14.1 Å². The molecule has 0 aromatic carbocycles. The van der Waals surface area contributed by atoms with Crippen molar-refractivity contribution in [3.8, 4) is 0 Å². The molecule has 2 aromatic rings. The molecule has 0 saturated carbocycles. The molecule has 2 aliphatic heterocycles. The molecule has 0 aliphatic carbocycles. The molecule has 1 spiro atoms. The first-order valence-electron chi connectivity index (χ1n) is 8.53. The van der Waals surface area contributed by atoms with Gasteiger partial charge in [0, 0.05) is 69.6 Å². The predicted octanol–water partition coefficient (Wildman–Crippen LogP) is 0.792. The summed E-state index contributed by atoms with van der Waals surface area (Å²) < 4.78 is 3.67. The summed E-state index contributed by atoms with van der Waals surface area (Å²) in [6.07, 6.45) is 10.5. The maximum atomic E-state index is 12.1. The first-order chi connectivity index (χ1) is 11.5. The third kappa shape index (κ3) is 2.73. The number of nitrogens with one attached hydrogen (secondary N) is 1. The Labute approximate surface area is 141 Å². The summed E-state index contributed by atoms with van der Waals surface area (Å²) in [6.45, 7) is 2.91. The van der Waals surface area contributed by atoms with E-state index in [9.17, 15) is 4.79 Å². The highest BCUT2D eigenvalue weighted by Gasteiger charge is 2.48. The Morgan fingerprint density at radius 3 is 2.50 bits per heavy atom. The maximum absolute atomic E-state index is 12.1. The lowest BCUT2D eigenvalue weighted by Gasteiger charge is -2.42. The molecule has 1 atom stereocenters. The van der Waals surface area contributed by atoms with Crippen molar-refractivity contribution in [3.63, 3.8) is 0 Å². The van der Waals surface area contributed by atoms with Crippen LogP contribution in [-0.2, 0) is 25.4 Å². The van der Waals surface area contributed by atoms with E-state index in [2.05, 4.69) is 32.8 Å². The molecule has 128 valence electrons. The average molecular weight is 328 g/mol. The van der Waals surface area contributed by atoms with Crippen LogP contribution < -0.4 is 5.32 Å². The van der Waals surface area contributed by atoms with Gasteiger partial charge in [0.2, 0.25) is 5.91 Å². The average Bonchev–Trinajstić information content (AvgIpc) is 3.22. The molecule has 7 nitrogen and oxygen atoms in total. The second-order valence-corrected chi connectivity index (χ2v) is 7.21. The monoisotopic (exact) mass is 328 g/mol. The SMILES string of the molecule is Cn1cc(CN2CCC3(CC2)NC(=O)CC3c2cnn(C)c2)cn1. The minimum absolute atomic E-state index is 0.106. The van der Waals surface area contributed by atoms with E-state index in [0.29, 0.717) is 6.42 Å². The van der Waals surface area contributed by atoms with Gasteiger partial charge in [0.15, 0.2) is 0 Å². The lowest BCUT2D eigenvalue weighted by molar-refractivity contribution is -0.120. The van der Waals surface area contributed by atoms with Crippen LogP contribution in [0.5, 0.6) is 0 Å². The number of carbonyl (C=O) groups is 1. The minimum Gasteiger partial charge on any atom is -0.350 e. The molecule has 2 aliphatic rings. The van der Waals surface area contributed by atoms with Crippen molar-refractivity contribution in [3.05, 3.63) is 35.9 Å². The van der Waals surface area contributed by atoms with Gasteiger partial charge in [-0.15, -0.1) is 0 Å². The summed E-state index contributed by atoms with van der Waals surface area (Å²) in [5.74, 6) is 0.406. The molecule has 2 aromatic heterocycles. The minimum atomic E-state index is -0.106. The Balaban J connectivity index is 1.47. The highest BCUT2D eigenvalue weighted by molar-refractivity contribution is 5.81. The fraction of sp³-hybridized carbons (Fsp3) is 0.588. The number of amides is 1. The van der Waals surface area contributed by atoms with Crippen molar-refractivity contribution in [1.29, 1.82) is 0 Å². The number of hydrogen-bond acceptors (Lipinski definition) is 4. The third-order valence-electron chi connectivity index (χ3n) is 5.48. The van der Waals surface area contributed by atoms with Crippen LogP contribution in [-0.4, -0.2) is 49.0 Å². The summed E-state index contributed by atoms with van der Waals surface area (Å²) in [5, 5.41) is 11.8. The molecule has 0 radical (unpaired) electrons. The summed E-state index contributed by atoms with van der Waals surface area (Å²) in [5.41, 5.74) is 2.32. The van der Waals surface area contributed by atoms with Crippen LogP contribution in [0.4, 0.5) is 0 Å². The molecular formula is C17H24N6O. The summed E-state index contributed by atoms with van der Waals surface area (Å²) in [7, 11) is 3.87. The predicted molar refractivity (Wildman–Crippen MR) is 89.2 cm³/mol. The van der Waals surface area contributed by atoms with Gasteiger partial charge in [-0.2, -0.15) is 10.2 Å². The quantitative estimate of drug-likeness (QED) is 0.905. The molecule has 1 N–H and O–H groups in total. The largest absolute Gasteiger partial charge is 0.350 e. The van der Waals surface area contributed by atoms with Crippen LogP contribution in [0.1, 0.15) is 36.3 Å². The van der Waals surface area contributed by atoms with Crippen molar-refractivity contribution >= 4 is 5.91 Å².